The first-order chi connectivity index (χ1) is 15.2. The van der Waals surface area contributed by atoms with Crippen LogP contribution in [-0.4, -0.2) is 51.9 Å². The molecule has 2 aromatic rings. The predicted octanol–water partition coefficient (Wildman–Crippen LogP) is 2.72. The first-order valence-corrected chi connectivity index (χ1v) is 11.8. The van der Waals surface area contributed by atoms with Gasteiger partial charge in [0.2, 0.25) is 10.0 Å². The summed E-state index contributed by atoms with van der Waals surface area (Å²) in [5.41, 5.74) is 1.40. The first-order valence-electron chi connectivity index (χ1n) is 10.3. The van der Waals surface area contributed by atoms with Gasteiger partial charge < -0.3 is 15.5 Å². The summed E-state index contributed by atoms with van der Waals surface area (Å²) in [6.45, 7) is 3.13. The summed E-state index contributed by atoms with van der Waals surface area (Å²) in [7, 11) is -2.34. The molecular weight excluding hydrogens is 435 g/mol. The zero-order chi connectivity index (χ0) is 23.3. The fourth-order valence-electron chi connectivity index (χ4n) is 3.68. The molecule has 0 saturated carbocycles. The van der Waals surface area contributed by atoms with Gasteiger partial charge in [-0.1, -0.05) is 12.1 Å². The Morgan fingerprint density at radius 3 is 2.69 bits per heavy atom. The van der Waals surface area contributed by atoms with Gasteiger partial charge in [-0.3, -0.25) is 4.79 Å². The Balaban J connectivity index is 1.61. The van der Waals surface area contributed by atoms with Crippen molar-refractivity contribution in [3.8, 4) is 0 Å². The van der Waals surface area contributed by atoms with Crippen LogP contribution in [0.3, 0.4) is 0 Å². The maximum absolute atomic E-state index is 13.2. The highest BCUT2D eigenvalue weighted by Gasteiger charge is 2.26. The third kappa shape index (κ3) is 5.83. The lowest BCUT2D eigenvalue weighted by molar-refractivity contribution is 0.0674. The normalized spacial score (nSPS) is 16.5. The van der Waals surface area contributed by atoms with Crippen LogP contribution in [0, 0.1) is 18.7 Å². The number of urea groups is 1. The summed E-state index contributed by atoms with van der Waals surface area (Å²) in [4.78, 5) is 27.0. The number of likely N-dealkylation sites (tertiary alicyclic amines) is 1. The Morgan fingerprint density at radius 2 is 1.97 bits per heavy atom. The van der Waals surface area contributed by atoms with Crippen LogP contribution in [-0.2, 0) is 10.0 Å². The number of piperidine rings is 1. The molecular formula is C22H27FN4O4S. The number of hydrogen-bond acceptors (Lipinski definition) is 4. The molecule has 1 fully saturated rings. The summed E-state index contributed by atoms with van der Waals surface area (Å²) in [5.74, 6) is -0.619. The van der Waals surface area contributed by atoms with Gasteiger partial charge in [0.25, 0.3) is 5.91 Å². The predicted molar refractivity (Wildman–Crippen MR) is 119 cm³/mol. The van der Waals surface area contributed by atoms with Gasteiger partial charge in [-0.15, -0.1) is 0 Å². The lowest BCUT2D eigenvalue weighted by Gasteiger charge is -2.33. The van der Waals surface area contributed by atoms with Gasteiger partial charge >= 0.3 is 6.03 Å². The summed E-state index contributed by atoms with van der Waals surface area (Å²) in [6, 6.07) is 9.67. The number of benzene rings is 2. The molecule has 2 aromatic carbocycles. The minimum atomic E-state index is -3.66. The minimum Gasteiger partial charge on any atom is -0.338 e. The zero-order valence-electron chi connectivity index (χ0n) is 18.0. The summed E-state index contributed by atoms with van der Waals surface area (Å²) >= 11 is 0. The van der Waals surface area contributed by atoms with E-state index in [9.17, 15) is 22.4 Å². The van der Waals surface area contributed by atoms with Crippen molar-refractivity contribution in [1.82, 2.24) is 14.9 Å². The summed E-state index contributed by atoms with van der Waals surface area (Å²) in [6.07, 6.45) is 1.62. The number of rotatable bonds is 6. The second-order valence-electron chi connectivity index (χ2n) is 7.79. The fraction of sp³-hybridized carbons (Fsp3) is 0.364. The number of aryl methyl sites for hydroxylation is 1. The highest BCUT2D eigenvalue weighted by Crippen LogP contribution is 2.22. The number of sulfonamides is 1. The van der Waals surface area contributed by atoms with Crippen LogP contribution < -0.4 is 15.4 Å². The summed E-state index contributed by atoms with van der Waals surface area (Å²) < 4.78 is 39.7. The molecule has 3 amide bonds. The van der Waals surface area contributed by atoms with E-state index in [0.29, 0.717) is 36.4 Å². The molecule has 1 saturated heterocycles. The second-order valence-corrected chi connectivity index (χ2v) is 9.68. The van der Waals surface area contributed by atoms with Crippen molar-refractivity contribution in [3.63, 3.8) is 0 Å². The molecule has 0 aliphatic carbocycles. The molecule has 3 N–H and O–H groups in total. The zero-order valence-corrected chi connectivity index (χ0v) is 18.8. The first kappa shape index (κ1) is 23.7. The smallest absolute Gasteiger partial charge is 0.319 e. The standard InChI is InChI=1S/C22H27FN4O4S/c1-15-8-9-19(32(30,31)24-2)12-20(15)21(28)27-10-4-5-16(14-27)13-25-22(29)26-18-7-3-6-17(23)11-18/h3,6-9,11-12,16,24H,4-5,10,13-14H2,1-2H3,(H2,25,26,29). The van der Waals surface area contributed by atoms with Crippen molar-refractivity contribution in [1.29, 1.82) is 0 Å². The van der Waals surface area contributed by atoms with Crippen molar-refractivity contribution in [2.45, 2.75) is 24.7 Å². The largest absolute Gasteiger partial charge is 0.338 e. The lowest BCUT2D eigenvalue weighted by Crippen LogP contribution is -2.44. The van der Waals surface area contributed by atoms with E-state index in [-0.39, 0.29) is 16.7 Å². The van der Waals surface area contributed by atoms with Gasteiger partial charge in [0, 0.05) is 30.9 Å². The van der Waals surface area contributed by atoms with Crippen LogP contribution in [0.5, 0.6) is 0 Å². The van der Waals surface area contributed by atoms with Crippen molar-refractivity contribution in [2.75, 3.05) is 32.0 Å². The molecule has 1 aliphatic rings. The van der Waals surface area contributed by atoms with Crippen LogP contribution >= 0.6 is 0 Å². The quantitative estimate of drug-likeness (QED) is 0.613. The molecule has 0 aromatic heterocycles. The van der Waals surface area contributed by atoms with Crippen LogP contribution in [0.2, 0.25) is 0 Å². The number of nitrogens with zero attached hydrogens (tertiary/aromatic N) is 1. The minimum absolute atomic E-state index is 0.0400. The Kier molecular flexibility index (Phi) is 7.47. The maximum atomic E-state index is 13.2. The van der Waals surface area contributed by atoms with Crippen LogP contribution in [0.4, 0.5) is 14.9 Å². The number of halogens is 1. The molecule has 32 heavy (non-hydrogen) atoms. The monoisotopic (exact) mass is 462 g/mol. The molecule has 1 atom stereocenters. The topological polar surface area (TPSA) is 108 Å². The van der Waals surface area contributed by atoms with Gasteiger partial charge in [0.15, 0.2) is 0 Å². The van der Waals surface area contributed by atoms with Crippen molar-refractivity contribution in [2.24, 2.45) is 5.92 Å². The van der Waals surface area contributed by atoms with E-state index >= 15 is 0 Å². The Morgan fingerprint density at radius 1 is 1.19 bits per heavy atom. The second kappa shape index (κ2) is 10.1. The number of amides is 3. The van der Waals surface area contributed by atoms with Gasteiger partial charge in [0.05, 0.1) is 4.90 Å². The Labute approximate surface area is 187 Å². The van der Waals surface area contributed by atoms with E-state index < -0.39 is 21.9 Å². The van der Waals surface area contributed by atoms with E-state index in [4.69, 9.17) is 0 Å². The molecule has 3 rings (SSSR count). The lowest BCUT2D eigenvalue weighted by atomic mass is 9.96. The number of nitrogens with one attached hydrogen (secondary N) is 3. The molecule has 0 radical (unpaired) electrons. The third-order valence-electron chi connectivity index (χ3n) is 5.46. The van der Waals surface area contributed by atoms with Crippen LogP contribution in [0.1, 0.15) is 28.8 Å². The van der Waals surface area contributed by atoms with E-state index in [1.165, 1.54) is 37.4 Å². The maximum Gasteiger partial charge on any atom is 0.319 e. The van der Waals surface area contributed by atoms with Gasteiger partial charge in [-0.05, 0) is 68.6 Å². The number of hydrogen-bond donors (Lipinski definition) is 3. The third-order valence-corrected chi connectivity index (χ3v) is 6.87. The Bertz CT molecular complexity index is 1110. The van der Waals surface area contributed by atoms with Crippen molar-refractivity contribution in [3.05, 3.63) is 59.4 Å². The van der Waals surface area contributed by atoms with Crippen molar-refractivity contribution >= 4 is 27.6 Å². The van der Waals surface area contributed by atoms with Crippen molar-refractivity contribution < 1.29 is 22.4 Å². The highest BCUT2D eigenvalue weighted by atomic mass is 32.2. The number of carbonyl (C=O) groups is 2. The van der Waals surface area contributed by atoms with Gasteiger partial charge in [-0.2, -0.15) is 0 Å². The van der Waals surface area contributed by atoms with E-state index in [0.717, 1.165) is 12.8 Å². The average Bonchev–Trinajstić information content (AvgIpc) is 2.77. The van der Waals surface area contributed by atoms with Crippen LogP contribution in [0.25, 0.3) is 0 Å². The van der Waals surface area contributed by atoms with Gasteiger partial charge in [-0.25, -0.2) is 22.3 Å². The average molecular weight is 463 g/mol. The molecule has 1 heterocycles. The SMILES string of the molecule is CNS(=O)(=O)c1ccc(C)c(C(=O)N2CCCC(CNC(=O)Nc3cccc(F)c3)C2)c1. The van der Waals surface area contributed by atoms with Crippen LogP contribution in [0.15, 0.2) is 47.4 Å². The van der Waals surface area contributed by atoms with E-state index in [2.05, 4.69) is 15.4 Å². The van der Waals surface area contributed by atoms with E-state index in [1.807, 2.05) is 0 Å². The Hall–Kier alpha value is -2.98. The van der Waals surface area contributed by atoms with Gasteiger partial charge in [0.1, 0.15) is 5.82 Å². The molecule has 1 unspecified atom stereocenters. The molecule has 10 heteroatoms. The van der Waals surface area contributed by atoms with E-state index in [1.54, 1.807) is 24.0 Å². The number of carbonyl (C=O) groups excluding carboxylic acids is 2. The summed E-state index contributed by atoms with van der Waals surface area (Å²) in [5, 5.41) is 5.35. The fourth-order valence-corrected chi connectivity index (χ4v) is 4.44. The molecule has 172 valence electrons. The molecule has 1 aliphatic heterocycles. The molecule has 8 nitrogen and oxygen atoms in total. The highest BCUT2D eigenvalue weighted by molar-refractivity contribution is 7.89. The molecule has 0 bridgehead atoms. The number of anilines is 1. The molecule has 0 spiro atoms.